The first-order valence-corrected chi connectivity index (χ1v) is 11.3. The lowest BCUT2D eigenvalue weighted by Gasteiger charge is -2.20. The summed E-state index contributed by atoms with van der Waals surface area (Å²) in [7, 11) is 1.71. The molecule has 0 spiro atoms. The number of carbonyl (C=O) groups excluding carboxylic acids is 1. The molecule has 1 aliphatic rings. The van der Waals surface area contributed by atoms with Gasteiger partial charge in [0.25, 0.3) is 5.91 Å². The lowest BCUT2D eigenvalue weighted by Crippen LogP contribution is -2.25. The van der Waals surface area contributed by atoms with Crippen molar-refractivity contribution in [3.05, 3.63) is 58.2 Å². The topological polar surface area (TPSA) is 64.8 Å². The van der Waals surface area contributed by atoms with Crippen LogP contribution in [-0.2, 0) is 9.53 Å². The number of methoxy groups -OCH3 is 1. The van der Waals surface area contributed by atoms with Gasteiger partial charge >= 0.3 is 0 Å². The molecular formula is C24H27N3O3S. The molecule has 0 saturated carbocycles. The van der Waals surface area contributed by atoms with Crippen LogP contribution in [0.15, 0.2) is 52.8 Å². The summed E-state index contributed by atoms with van der Waals surface area (Å²) >= 11 is 1.60. The predicted molar refractivity (Wildman–Crippen MR) is 124 cm³/mol. The molecule has 7 heteroatoms. The summed E-state index contributed by atoms with van der Waals surface area (Å²) in [6.07, 6.45) is 0. The van der Waals surface area contributed by atoms with E-state index < -0.39 is 0 Å². The Labute approximate surface area is 186 Å². The van der Waals surface area contributed by atoms with E-state index in [0.29, 0.717) is 24.0 Å². The van der Waals surface area contributed by atoms with Gasteiger partial charge in [-0.25, -0.2) is 4.99 Å². The zero-order chi connectivity index (χ0) is 22.0. The molecule has 0 aliphatic carbocycles. The molecule has 2 aromatic carbocycles. The fraction of sp³-hybridized carbons (Fsp3) is 0.333. The number of nitrogens with one attached hydrogen (secondary N) is 1. The van der Waals surface area contributed by atoms with Crippen molar-refractivity contribution in [1.29, 1.82) is 0 Å². The van der Waals surface area contributed by atoms with Gasteiger partial charge in [-0.1, -0.05) is 32.0 Å². The third-order valence-electron chi connectivity index (χ3n) is 5.27. The predicted octanol–water partition coefficient (Wildman–Crippen LogP) is 5.11. The van der Waals surface area contributed by atoms with E-state index in [1.807, 2.05) is 24.3 Å². The highest BCUT2D eigenvalue weighted by atomic mass is 32.1. The number of fused-ring (bicyclic) bond motifs is 1. The Morgan fingerprint density at radius 2 is 2.03 bits per heavy atom. The van der Waals surface area contributed by atoms with Crippen LogP contribution >= 0.6 is 11.3 Å². The van der Waals surface area contributed by atoms with Gasteiger partial charge in [-0.2, -0.15) is 0 Å². The van der Waals surface area contributed by atoms with E-state index in [9.17, 15) is 4.79 Å². The third-order valence-corrected chi connectivity index (χ3v) is 6.11. The maximum absolute atomic E-state index is 11.8. The number of thiazole rings is 1. The molecule has 4 rings (SSSR count). The first-order chi connectivity index (χ1) is 15.0. The fourth-order valence-electron chi connectivity index (χ4n) is 3.78. The van der Waals surface area contributed by atoms with Crippen molar-refractivity contribution in [1.82, 2.24) is 4.57 Å². The molecule has 2 heterocycles. The zero-order valence-electron chi connectivity index (χ0n) is 18.2. The Morgan fingerprint density at radius 3 is 2.81 bits per heavy atom. The van der Waals surface area contributed by atoms with Crippen LogP contribution in [0, 0.1) is 0 Å². The lowest BCUT2D eigenvalue weighted by atomic mass is 10.0. The molecule has 1 unspecified atom stereocenters. The van der Waals surface area contributed by atoms with Gasteiger partial charge < -0.3 is 19.4 Å². The van der Waals surface area contributed by atoms with Gasteiger partial charge in [0, 0.05) is 18.1 Å². The van der Waals surface area contributed by atoms with Gasteiger partial charge in [0.2, 0.25) is 0 Å². The van der Waals surface area contributed by atoms with Crippen molar-refractivity contribution >= 4 is 28.6 Å². The summed E-state index contributed by atoms with van der Waals surface area (Å²) in [5, 5.41) is 5.00. The molecule has 162 valence electrons. The van der Waals surface area contributed by atoms with Crippen LogP contribution in [0.5, 0.6) is 5.75 Å². The highest BCUT2D eigenvalue weighted by Crippen LogP contribution is 2.34. The average molecular weight is 438 g/mol. The second kappa shape index (κ2) is 9.08. The Balaban J connectivity index is 1.85. The van der Waals surface area contributed by atoms with Gasteiger partial charge in [0.1, 0.15) is 5.75 Å². The first kappa shape index (κ1) is 21.3. The van der Waals surface area contributed by atoms with Crippen LogP contribution in [0.4, 0.5) is 11.4 Å². The van der Waals surface area contributed by atoms with E-state index in [1.165, 1.54) is 5.56 Å². The Hall–Kier alpha value is -2.90. The SMILES string of the molecule is COCC(C)n1c(-c2ccc3c(c2)NC(=O)CO3)csc1=Nc1ccccc1C(C)C. The summed E-state index contributed by atoms with van der Waals surface area (Å²) in [6.45, 7) is 7.09. The number of amides is 1. The fourth-order valence-corrected chi connectivity index (χ4v) is 4.79. The number of carbonyl (C=O) groups is 1. The van der Waals surface area contributed by atoms with E-state index in [-0.39, 0.29) is 18.6 Å². The molecule has 1 aliphatic heterocycles. The van der Waals surface area contributed by atoms with Crippen LogP contribution < -0.4 is 14.9 Å². The van der Waals surface area contributed by atoms with Gasteiger partial charge in [-0.15, -0.1) is 11.3 Å². The first-order valence-electron chi connectivity index (χ1n) is 10.4. The van der Waals surface area contributed by atoms with Crippen molar-refractivity contribution in [2.24, 2.45) is 4.99 Å². The molecule has 1 N–H and O–H groups in total. The standard InChI is InChI=1S/C24H27N3O3S/c1-15(2)18-7-5-6-8-19(18)26-24-27(16(3)12-29-4)21(14-31-24)17-9-10-22-20(11-17)25-23(28)13-30-22/h5-11,14-16H,12-13H2,1-4H3,(H,25,28). The smallest absolute Gasteiger partial charge is 0.262 e. The molecule has 1 aromatic heterocycles. The zero-order valence-corrected chi connectivity index (χ0v) is 19.0. The quantitative estimate of drug-likeness (QED) is 0.583. The lowest BCUT2D eigenvalue weighted by molar-refractivity contribution is -0.118. The maximum atomic E-state index is 11.8. The Morgan fingerprint density at radius 1 is 1.23 bits per heavy atom. The van der Waals surface area contributed by atoms with Crippen molar-refractivity contribution in [2.75, 3.05) is 25.6 Å². The molecule has 1 amide bonds. The summed E-state index contributed by atoms with van der Waals surface area (Å²) < 4.78 is 13.2. The van der Waals surface area contributed by atoms with Crippen LogP contribution in [0.3, 0.4) is 0 Å². The molecule has 0 radical (unpaired) electrons. The minimum atomic E-state index is -0.142. The molecule has 1 atom stereocenters. The summed E-state index contributed by atoms with van der Waals surface area (Å²) in [5.41, 5.74) is 4.90. The molecule has 6 nitrogen and oxygen atoms in total. The second-order valence-electron chi connectivity index (χ2n) is 7.95. The molecular weight excluding hydrogens is 410 g/mol. The number of hydrogen-bond acceptors (Lipinski definition) is 5. The molecule has 0 fully saturated rings. The summed E-state index contributed by atoms with van der Waals surface area (Å²) in [4.78, 5) is 17.7. The van der Waals surface area contributed by atoms with Crippen molar-refractivity contribution in [3.8, 4) is 17.0 Å². The number of rotatable bonds is 6. The number of nitrogens with zero attached hydrogens (tertiary/aromatic N) is 2. The van der Waals surface area contributed by atoms with Gasteiger partial charge in [-0.3, -0.25) is 4.79 Å². The van der Waals surface area contributed by atoms with Crippen LogP contribution in [-0.4, -0.2) is 30.8 Å². The number of hydrogen-bond donors (Lipinski definition) is 1. The summed E-state index contributed by atoms with van der Waals surface area (Å²) in [6, 6.07) is 14.2. The second-order valence-corrected chi connectivity index (χ2v) is 8.79. The molecule has 0 saturated heterocycles. The largest absolute Gasteiger partial charge is 0.482 e. The summed E-state index contributed by atoms with van der Waals surface area (Å²) in [5.74, 6) is 0.927. The van der Waals surface area contributed by atoms with E-state index >= 15 is 0 Å². The van der Waals surface area contributed by atoms with Gasteiger partial charge in [0.05, 0.1) is 29.7 Å². The van der Waals surface area contributed by atoms with E-state index in [4.69, 9.17) is 14.5 Å². The highest BCUT2D eigenvalue weighted by Gasteiger charge is 2.19. The molecule has 0 bridgehead atoms. The van der Waals surface area contributed by atoms with E-state index in [2.05, 4.69) is 54.2 Å². The van der Waals surface area contributed by atoms with E-state index in [1.54, 1.807) is 18.4 Å². The van der Waals surface area contributed by atoms with Crippen molar-refractivity contribution < 1.29 is 14.3 Å². The van der Waals surface area contributed by atoms with Gasteiger partial charge in [-0.05, 0) is 42.7 Å². The van der Waals surface area contributed by atoms with Crippen LogP contribution in [0.25, 0.3) is 11.3 Å². The number of ether oxygens (including phenoxy) is 2. The number of para-hydroxylation sites is 1. The Kier molecular flexibility index (Phi) is 6.25. The van der Waals surface area contributed by atoms with E-state index in [0.717, 1.165) is 21.7 Å². The van der Waals surface area contributed by atoms with Crippen molar-refractivity contribution in [2.45, 2.75) is 32.7 Å². The molecule has 31 heavy (non-hydrogen) atoms. The molecule has 3 aromatic rings. The number of benzene rings is 2. The Bertz CT molecular complexity index is 1160. The van der Waals surface area contributed by atoms with Crippen LogP contribution in [0.2, 0.25) is 0 Å². The third kappa shape index (κ3) is 4.43. The minimum Gasteiger partial charge on any atom is -0.482 e. The number of anilines is 1. The highest BCUT2D eigenvalue weighted by molar-refractivity contribution is 7.07. The normalized spacial score (nSPS) is 14.9. The monoisotopic (exact) mass is 437 g/mol. The number of aromatic nitrogens is 1. The maximum Gasteiger partial charge on any atom is 0.262 e. The van der Waals surface area contributed by atoms with Crippen molar-refractivity contribution in [3.63, 3.8) is 0 Å². The average Bonchev–Trinajstić information content (AvgIpc) is 3.17. The van der Waals surface area contributed by atoms with Gasteiger partial charge in [0.15, 0.2) is 11.4 Å². The minimum absolute atomic E-state index is 0.0496. The van der Waals surface area contributed by atoms with Crippen LogP contribution in [0.1, 0.15) is 38.3 Å².